The molecule has 0 aliphatic rings. The lowest BCUT2D eigenvalue weighted by molar-refractivity contribution is 0.622. The van der Waals surface area contributed by atoms with Gasteiger partial charge in [-0.15, -0.1) is 11.6 Å². The molecule has 1 aromatic carbocycles. The third-order valence-corrected chi connectivity index (χ3v) is 4.20. The molecule has 2 aromatic rings. The first-order chi connectivity index (χ1) is 8.52. The minimum atomic E-state index is -0.891. The van der Waals surface area contributed by atoms with Crippen LogP contribution in [0.1, 0.15) is 5.82 Å². The van der Waals surface area contributed by atoms with Gasteiger partial charge >= 0.3 is 0 Å². The third-order valence-electron chi connectivity index (χ3n) is 2.59. The van der Waals surface area contributed by atoms with Crippen LogP contribution >= 0.6 is 27.5 Å². The Labute approximate surface area is 120 Å². The molecule has 3 nitrogen and oxygen atoms in total. The number of fused-ring (bicyclic) bond motifs is 1. The van der Waals surface area contributed by atoms with Crippen molar-refractivity contribution in [3.63, 3.8) is 0 Å². The normalized spacial score (nSPS) is 13.1. The zero-order chi connectivity index (χ0) is 13.3. The van der Waals surface area contributed by atoms with Crippen LogP contribution in [0.3, 0.4) is 0 Å². The molecule has 0 fully saturated rings. The fraction of sp³-hybridized carbons (Fsp3) is 0.364. The molecule has 1 unspecified atom stereocenters. The lowest BCUT2D eigenvalue weighted by atomic mass is 10.3. The number of halogens is 3. The summed E-state index contributed by atoms with van der Waals surface area (Å²) in [5.41, 5.74) is 1.36. The topological polar surface area (TPSA) is 34.9 Å². The summed E-state index contributed by atoms with van der Waals surface area (Å²) < 4.78 is 26.9. The average molecular weight is 354 g/mol. The van der Waals surface area contributed by atoms with Crippen LogP contribution in [0.2, 0.25) is 0 Å². The number of hydrogen-bond acceptors (Lipinski definition) is 2. The number of imidazole rings is 1. The molecule has 7 heteroatoms. The number of hydrogen-bond donors (Lipinski definition) is 0. The molecule has 1 heterocycles. The number of aromatic nitrogens is 2. The zero-order valence-electron chi connectivity index (χ0n) is 9.62. The Balaban J connectivity index is 2.53. The lowest BCUT2D eigenvalue weighted by Crippen LogP contribution is -2.09. The molecule has 0 aliphatic heterocycles. The van der Waals surface area contributed by atoms with Gasteiger partial charge in [0.25, 0.3) is 0 Å². The van der Waals surface area contributed by atoms with Crippen molar-refractivity contribution >= 4 is 49.4 Å². The van der Waals surface area contributed by atoms with Gasteiger partial charge in [0.2, 0.25) is 0 Å². The first kappa shape index (κ1) is 14.0. The molecule has 18 heavy (non-hydrogen) atoms. The molecule has 0 saturated carbocycles. The Morgan fingerprint density at radius 3 is 2.89 bits per heavy atom. The predicted molar refractivity (Wildman–Crippen MR) is 75.9 cm³/mol. The summed E-state index contributed by atoms with van der Waals surface area (Å²) in [5, 5.41) is 0. The maximum atomic E-state index is 13.4. The fourth-order valence-electron chi connectivity index (χ4n) is 1.74. The van der Waals surface area contributed by atoms with E-state index < -0.39 is 10.8 Å². The summed E-state index contributed by atoms with van der Waals surface area (Å²) in [6.45, 7) is 0.555. The molecule has 0 aliphatic carbocycles. The van der Waals surface area contributed by atoms with Crippen molar-refractivity contribution in [2.45, 2.75) is 12.4 Å². The minimum absolute atomic E-state index is 0.240. The Morgan fingerprint density at radius 2 is 2.28 bits per heavy atom. The third kappa shape index (κ3) is 2.75. The van der Waals surface area contributed by atoms with Crippen LogP contribution in [0.5, 0.6) is 0 Å². The van der Waals surface area contributed by atoms with E-state index in [0.717, 1.165) is 5.52 Å². The summed E-state index contributed by atoms with van der Waals surface area (Å²) in [6, 6.07) is 3.04. The molecule has 0 saturated heterocycles. The number of nitrogens with zero attached hydrogens (tertiary/aromatic N) is 2. The monoisotopic (exact) mass is 352 g/mol. The first-order valence-corrected chi connectivity index (χ1v) is 8.28. The molecular weight excluding hydrogens is 343 g/mol. The van der Waals surface area contributed by atoms with Gasteiger partial charge in [0.1, 0.15) is 11.6 Å². The summed E-state index contributed by atoms with van der Waals surface area (Å²) in [4.78, 5) is 4.28. The maximum Gasteiger partial charge on any atom is 0.139 e. The molecule has 98 valence electrons. The van der Waals surface area contributed by atoms with Gasteiger partial charge in [0.05, 0.1) is 21.4 Å². The first-order valence-electron chi connectivity index (χ1n) is 5.23. The minimum Gasteiger partial charge on any atom is -0.326 e. The summed E-state index contributed by atoms with van der Waals surface area (Å²) >= 11 is 8.99. The van der Waals surface area contributed by atoms with Crippen molar-refractivity contribution < 1.29 is 8.60 Å². The van der Waals surface area contributed by atoms with Crippen molar-refractivity contribution in [1.29, 1.82) is 0 Å². The van der Waals surface area contributed by atoms with E-state index in [1.165, 1.54) is 6.07 Å². The van der Waals surface area contributed by atoms with Crippen molar-refractivity contribution in [2.24, 2.45) is 0 Å². The zero-order valence-corrected chi connectivity index (χ0v) is 12.8. The maximum absolute atomic E-state index is 13.4. The standard InChI is InChI=1S/C11H11BrClFN2OS/c1-18(17)3-2-16-10-4-7(12)8(14)5-9(10)15-11(16)6-13/h4-5H,2-3,6H2,1H3. The van der Waals surface area contributed by atoms with Crippen molar-refractivity contribution in [3.8, 4) is 0 Å². The molecule has 0 N–H and O–H groups in total. The van der Waals surface area contributed by atoms with Gasteiger partial charge in [-0.2, -0.15) is 0 Å². The molecule has 0 radical (unpaired) electrons. The van der Waals surface area contributed by atoms with E-state index in [1.54, 1.807) is 12.3 Å². The summed E-state index contributed by atoms with van der Waals surface area (Å²) in [6.07, 6.45) is 1.65. The molecule has 0 amide bonds. The Bertz CT molecular complexity index is 617. The van der Waals surface area contributed by atoms with Crippen LogP contribution in [0.15, 0.2) is 16.6 Å². The average Bonchev–Trinajstić information content (AvgIpc) is 2.64. The largest absolute Gasteiger partial charge is 0.326 e. The fourth-order valence-corrected chi connectivity index (χ4v) is 2.72. The van der Waals surface area contributed by atoms with Crippen molar-refractivity contribution in [2.75, 3.05) is 12.0 Å². The van der Waals surface area contributed by atoms with Gasteiger partial charge in [0, 0.05) is 35.4 Å². The van der Waals surface area contributed by atoms with E-state index in [0.29, 0.717) is 28.1 Å². The van der Waals surface area contributed by atoms with Crippen LogP contribution < -0.4 is 0 Å². The highest BCUT2D eigenvalue weighted by Gasteiger charge is 2.13. The lowest BCUT2D eigenvalue weighted by Gasteiger charge is -2.06. The highest BCUT2D eigenvalue weighted by molar-refractivity contribution is 9.10. The molecule has 1 atom stereocenters. The van der Waals surface area contributed by atoms with Crippen LogP contribution in [-0.2, 0) is 23.2 Å². The smallest absolute Gasteiger partial charge is 0.139 e. The van der Waals surface area contributed by atoms with E-state index in [9.17, 15) is 8.60 Å². The quantitative estimate of drug-likeness (QED) is 0.792. The van der Waals surface area contributed by atoms with Crippen LogP contribution in [0.25, 0.3) is 11.0 Å². The van der Waals surface area contributed by atoms with Crippen molar-refractivity contribution in [1.82, 2.24) is 9.55 Å². The van der Waals surface area contributed by atoms with Gasteiger partial charge in [0.15, 0.2) is 0 Å². The van der Waals surface area contributed by atoms with Gasteiger partial charge in [-0.05, 0) is 22.0 Å². The highest BCUT2D eigenvalue weighted by atomic mass is 79.9. The van der Waals surface area contributed by atoms with Crippen LogP contribution in [0, 0.1) is 5.82 Å². The Hall–Kier alpha value is -0.460. The molecule has 0 bridgehead atoms. The van der Waals surface area contributed by atoms with E-state index in [1.807, 2.05) is 4.57 Å². The van der Waals surface area contributed by atoms with E-state index >= 15 is 0 Å². The predicted octanol–water partition coefficient (Wildman–Crippen LogP) is 3.06. The van der Waals surface area contributed by atoms with Gasteiger partial charge in [-0.3, -0.25) is 4.21 Å². The highest BCUT2D eigenvalue weighted by Crippen LogP contribution is 2.24. The summed E-state index contributed by atoms with van der Waals surface area (Å²) in [5.74, 6) is 1.07. The van der Waals surface area contributed by atoms with E-state index in [2.05, 4.69) is 20.9 Å². The second kappa shape index (κ2) is 5.67. The van der Waals surface area contributed by atoms with Crippen LogP contribution in [0.4, 0.5) is 4.39 Å². The molecular formula is C11H11BrClFN2OS. The summed E-state index contributed by atoms with van der Waals surface area (Å²) in [7, 11) is -0.891. The Morgan fingerprint density at radius 1 is 1.56 bits per heavy atom. The van der Waals surface area contributed by atoms with Gasteiger partial charge in [-0.1, -0.05) is 0 Å². The second-order valence-electron chi connectivity index (χ2n) is 3.85. The number of rotatable bonds is 4. The van der Waals surface area contributed by atoms with Crippen LogP contribution in [-0.4, -0.2) is 25.8 Å². The van der Waals surface area contributed by atoms with Crippen molar-refractivity contribution in [3.05, 3.63) is 28.2 Å². The molecule has 1 aromatic heterocycles. The molecule has 0 spiro atoms. The number of alkyl halides is 1. The molecule has 2 rings (SSSR count). The van der Waals surface area contributed by atoms with Gasteiger partial charge < -0.3 is 4.57 Å². The Kier molecular flexibility index (Phi) is 4.40. The van der Waals surface area contributed by atoms with Gasteiger partial charge in [-0.25, -0.2) is 9.37 Å². The second-order valence-corrected chi connectivity index (χ2v) is 6.52. The van der Waals surface area contributed by atoms with E-state index in [-0.39, 0.29) is 11.7 Å². The number of aryl methyl sites for hydroxylation is 1. The number of benzene rings is 1. The SMILES string of the molecule is CS(=O)CCn1c(CCl)nc2cc(F)c(Br)cc21. The van der Waals surface area contributed by atoms with E-state index in [4.69, 9.17) is 11.6 Å².